The van der Waals surface area contributed by atoms with E-state index in [4.69, 9.17) is 18.9 Å². The van der Waals surface area contributed by atoms with Crippen LogP contribution in [-0.2, 0) is 14.9 Å². The topological polar surface area (TPSA) is 43.5 Å². The van der Waals surface area contributed by atoms with E-state index in [0.717, 1.165) is 50.8 Å². The molecule has 2 aliphatic heterocycles. The molecule has 2 fully saturated rings. The molecule has 2 aromatic rings. The number of ether oxygens (including phenoxy) is 4. The zero-order valence-electron chi connectivity index (χ0n) is 27.2. The van der Waals surface area contributed by atoms with E-state index in [0.29, 0.717) is 24.0 Å². The first kappa shape index (κ1) is 31.9. The molecule has 0 aliphatic carbocycles. The van der Waals surface area contributed by atoms with E-state index in [1.165, 1.54) is 71.9 Å². The third kappa shape index (κ3) is 8.51. The van der Waals surface area contributed by atoms with Crippen LogP contribution in [0.1, 0.15) is 112 Å². The summed E-state index contributed by atoms with van der Waals surface area (Å²) in [7, 11) is 0. The summed E-state index contributed by atoms with van der Waals surface area (Å²) < 4.78 is 23.8. The molecule has 4 heteroatoms. The van der Waals surface area contributed by atoms with E-state index >= 15 is 0 Å². The third-order valence-corrected chi connectivity index (χ3v) is 9.38. The van der Waals surface area contributed by atoms with Crippen LogP contribution in [0.15, 0.2) is 24.3 Å². The highest BCUT2D eigenvalue weighted by atomic mass is 16.6. The van der Waals surface area contributed by atoms with E-state index in [9.17, 15) is 0 Å². The van der Waals surface area contributed by atoms with Crippen molar-refractivity contribution >= 4 is 0 Å². The van der Waals surface area contributed by atoms with Gasteiger partial charge in [0.05, 0.1) is 38.6 Å². The van der Waals surface area contributed by atoms with Crippen LogP contribution >= 0.6 is 0 Å². The lowest BCUT2D eigenvalue weighted by Crippen LogP contribution is -2.20. The van der Waals surface area contributed by atoms with E-state index in [1.54, 1.807) is 0 Å². The molecule has 0 N–H and O–H groups in total. The van der Waals surface area contributed by atoms with Crippen molar-refractivity contribution in [2.75, 3.05) is 26.4 Å². The highest BCUT2D eigenvalue weighted by Gasteiger charge is 2.32. The Labute approximate surface area is 250 Å². The molecule has 0 bridgehead atoms. The Morgan fingerprint density at radius 2 is 1.00 bits per heavy atom. The van der Waals surface area contributed by atoms with Crippen LogP contribution in [0.25, 0.3) is 0 Å². The van der Waals surface area contributed by atoms with Gasteiger partial charge in [-0.1, -0.05) is 64.8 Å². The molecule has 4 unspecified atom stereocenters. The second-order valence-electron chi connectivity index (χ2n) is 13.3. The van der Waals surface area contributed by atoms with Crippen LogP contribution in [0, 0.1) is 39.5 Å². The first-order chi connectivity index (χ1) is 19.6. The SMILES string of the molecule is CCCC(CCCOc1c(C)cc(C(C)(C)c2cc(C)c(OCCCC(CCC)C3CO3)c(C)c2)cc1C)C1CO1. The van der Waals surface area contributed by atoms with Crippen molar-refractivity contribution in [1.29, 1.82) is 0 Å². The van der Waals surface area contributed by atoms with Gasteiger partial charge in [-0.2, -0.15) is 0 Å². The van der Waals surface area contributed by atoms with Gasteiger partial charge < -0.3 is 18.9 Å². The zero-order chi connectivity index (χ0) is 29.6. The minimum absolute atomic E-state index is 0.128. The van der Waals surface area contributed by atoms with E-state index in [1.807, 2.05) is 0 Å². The van der Waals surface area contributed by atoms with Crippen molar-refractivity contribution in [3.8, 4) is 11.5 Å². The Hall–Kier alpha value is -2.04. The minimum Gasteiger partial charge on any atom is -0.493 e. The monoisotopic (exact) mass is 564 g/mol. The lowest BCUT2D eigenvalue weighted by molar-refractivity contribution is 0.257. The molecule has 0 aromatic heterocycles. The molecule has 4 rings (SSSR count). The van der Waals surface area contributed by atoms with Gasteiger partial charge in [-0.15, -0.1) is 0 Å². The molecule has 0 radical (unpaired) electrons. The quantitative estimate of drug-likeness (QED) is 0.134. The molecular formula is C37H56O4. The number of hydrogen-bond acceptors (Lipinski definition) is 4. The summed E-state index contributed by atoms with van der Waals surface area (Å²) in [6.45, 7) is 21.4. The third-order valence-electron chi connectivity index (χ3n) is 9.38. The van der Waals surface area contributed by atoms with Gasteiger partial charge in [0.15, 0.2) is 0 Å². The molecule has 41 heavy (non-hydrogen) atoms. The maximum atomic E-state index is 6.35. The lowest BCUT2D eigenvalue weighted by atomic mass is 9.76. The van der Waals surface area contributed by atoms with Crippen molar-refractivity contribution in [3.05, 3.63) is 57.6 Å². The Bertz CT molecular complexity index is 994. The Morgan fingerprint density at radius 3 is 1.29 bits per heavy atom. The van der Waals surface area contributed by atoms with Crippen LogP contribution in [0.3, 0.4) is 0 Å². The summed E-state index contributed by atoms with van der Waals surface area (Å²) in [6.07, 6.45) is 10.5. The van der Waals surface area contributed by atoms with Gasteiger partial charge in [0.1, 0.15) is 11.5 Å². The smallest absolute Gasteiger partial charge is 0.125 e. The van der Waals surface area contributed by atoms with Crippen molar-refractivity contribution in [2.45, 2.75) is 124 Å². The molecule has 2 heterocycles. The van der Waals surface area contributed by atoms with Crippen LogP contribution in [-0.4, -0.2) is 38.6 Å². The van der Waals surface area contributed by atoms with Crippen molar-refractivity contribution in [2.24, 2.45) is 11.8 Å². The first-order valence-electron chi connectivity index (χ1n) is 16.4. The number of benzene rings is 2. The molecule has 2 aliphatic rings. The molecule has 228 valence electrons. The number of rotatable bonds is 18. The predicted molar refractivity (Wildman–Crippen MR) is 170 cm³/mol. The molecular weight excluding hydrogens is 508 g/mol. The van der Waals surface area contributed by atoms with E-state index in [2.05, 4.69) is 79.7 Å². The van der Waals surface area contributed by atoms with Crippen molar-refractivity contribution in [1.82, 2.24) is 0 Å². The standard InChI is InChI=1S/C37H56O4/c1-9-13-29(33-23-40-33)15-11-17-38-35-25(3)19-31(20-26(35)4)37(7,8)32-21-27(5)36(28(6)22-32)39-18-12-16-30(14-10-2)34-24-41-34/h19-22,29-30,33-34H,9-18,23-24H2,1-8H3. The van der Waals surface area contributed by atoms with Crippen molar-refractivity contribution in [3.63, 3.8) is 0 Å². The summed E-state index contributed by atoms with van der Waals surface area (Å²) in [5, 5.41) is 0. The van der Waals surface area contributed by atoms with Crippen LogP contribution < -0.4 is 9.47 Å². The van der Waals surface area contributed by atoms with Gasteiger partial charge in [-0.3, -0.25) is 0 Å². The summed E-state index contributed by atoms with van der Waals surface area (Å²) in [5.41, 5.74) is 7.39. The Kier molecular flexibility index (Phi) is 11.2. The summed E-state index contributed by atoms with van der Waals surface area (Å²) >= 11 is 0. The first-order valence-corrected chi connectivity index (χ1v) is 16.4. The van der Waals surface area contributed by atoms with Crippen LogP contribution in [0.4, 0.5) is 0 Å². The maximum absolute atomic E-state index is 6.35. The predicted octanol–water partition coefficient (Wildman–Crippen LogP) is 9.19. The molecule has 4 atom stereocenters. The van der Waals surface area contributed by atoms with E-state index < -0.39 is 0 Å². The number of hydrogen-bond donors (Lipinski definition) is 0. The summed E-state index contributed by atoms with van der Waals surface area (Å²) in [6, 6.07) is 9.30. The fourth-order valence-electron chi connectivity index (χ4n) is 6.71. The van der Waals surface area contributed by atoms with Gasteiger partial charge in [0, 0.05) is 5.41 Å². The highest BCUT2D eigenvalue weighted by Crippen LogP contribution is 2.39. The van der Waals surface area contributed by atoms with Gasteiger partial charge in [-0.05, 0) is 111 Å². The van der Waals surface area contributed by atoms with Gasteiger partial charge in [0.25, 0.3) is 0 Å². The highest BCUT2D eigenvalue weighted by molar-refractivity contribution is 5.52. The fourth-order valence-corrected chi connectivity index (χ4v) is 6.71. The van der Waals surface area contributed by atoms with Crippen LogP contribution in [0.2, 0.25) is 0 Å². The minimum atomic E-state index is -0.128. The molecule has 2 aromatic carbocycles. The molecule has 0 amide bonds. The molecule has 4 nitrogen and oxygen atoms in total. The fraction of sp³-hybridized carbons (Fsp3) is 0.676. The zero-order valence-corrected chi connectivity index (χ0v) is 27.2. The van der Waals surface area contributed by atoms with Crippen LogP contribution in [0.5, 0.6) is 11.5 Å². The van der Waals surface area contributed by atoms with Gasteiger partial charge in [-0.25, -0.2) is 0 Å². The average molecular weight is 565 g/mol. The molecule has 2 saturated heterocycles. The Morgan fingerprint density at radius 1 is 0.659 bits per heavy atom. The Balaban J connectivity index is 1.36. The average Bonchev–Trinajstić information content (AvgIpc) is 3.83. The lowest BCUT2D eigenvalue weighted by Gasteiger charge is -2.29. The van der Waals surface area contributed by atoms with Gasteiger partial charge >= 0.3 is 0 Å². The summed E-state index contributed by atoms with van der Waals surface area (Å²) in [5.74, 6) is 3.48. The normalized spacial score (nSPS) is 19.6. The second kappa shape index (κ2) is 14.4. The second-order valence-corrected chi connectivity index (χ2v) is 13.3. The van der Waals surface area contributed by atoms with E-state index in [-0.39, 0.29) is 5.41 Å². The van der Waals surface area contributed by atoms with Gasteiger partial charge in [0.2, 0.25) is 0 Å². The number of aryl methyl sites for hydroxylation is 4. The summed E-state index contributed by atoms with van der Waals surface area (Å²) in [4.78, 5) is 0. The number of epoxide rings is 2. The molecule has 0 saturated carbocycles. The molecule has 0 spiro atoms. The maximum Gasteiger partial charge on any atom is 0.125 e. The van der Waals surface area contributed by atoms with Crippen molar-refractivity contribution < 1.29 is 18.9 Å². The largest absolute Gasteiger partial charge is 0.493 e.